The molecule has 26 heavy (non-hydrogen) atoms. The maximum absolute atomic E-state index is 12.7. The van der Waals surface area contributed by atoms with Gasteiger partial charge in [-0.25, -0.2) is 4.98 Å². The van der Waals surface area contributed by atoms with Crippen molar-refractivity contribution in [2.24, 2.45) is 5.92 Å². The van der Waals surface area contributed by atoms with Crippen molar-refractivity contribution in [2.45, 2.75) is 12.8 Å². The second kappa shape index (κ2) is 7.71. The molecule has 7 heteroatoms. The minimum Gasteiger partial charge on any atom is -0.378 e. The minimum absolute atomic E-state index is 0.115. The highest BCUT2D eigenvalue weighted by Gasteiger charge is 2.29. The Morgan fingerprint density at radius 2 is 1.88 bits per heavy atom. The van der Waals surface area contributed by atoms with Gasteiger partial charge < -0.3 is 14.5 Å². The molecule has 0 bridgehead atoms. The number of ether oxygens (including phenoxy) is 1. The fourth-order valence-electron chi connectivity index (χ4n) is 3.72. The fraction of sp³-hybridized carbons (Fsp3) is 0.474. The van der Waals surface area contributed by atoms with Crippen LogP contribution in [0.5, 0.6) is 0 Å². The third kappa shape index (κ3) is 3.68. The number of aromatic nitrogens is 1. The van der Waals surface area contributed by atoms with Crippen molar-refractivity contribution in [3.05, 3.63) is 33.8 Å². The Labute approximate surface area is 166 Å². The molecule has 3 heterocycles. The van der Waals surface area contributed by atoms with E-state index in [0.29, 0.717) is 18.2 Å². The molecule has 0 unspecified atom stereocenters. The highest BCUT2D eigenvalue weighted by atomic mass is 79.9. The van der Waals surface area contributed by atoms with Crippen molar-refractivity contribution < 1.29 is 9.53 Å². The lowest BCUT2D eigenvalue weighted by atomic mass is 9.95. The van der Waals surface area contributed by atoms with Crippen LogP contribution in [0.1, 0.15) is 12.8 Å². The molecule has 5 nitrogen and oxygen atoms in total. The van der Waals surface area contributed by atoms with Gasteiger partial charge in [0.15, 0.2) is 0 Å². The molecule has 2 fully saturated rings. The number of anilines is 1. The molecular formula is C19H21BrClN3O2. The number of morpholine rings is 1. The van der Waals surface area contributed by atoms with Gasteiger partial charge in [-0.3, -0.25) is 4.79 Å². The van der Waals surface area contributed by atoms with Crippen molar-refractivity contribution in [1.82, 2.24) is 9.88 Å². The number of hydrogen-bond acceptors (Lipinski definition) is 4. The molecule has 2 aromatic rings. The van der Waals surface area contributed by atoms with E-state index < -0.39 is 0 Å². The summed E-state index contributed by atoms with van der Waals surface area (Å²) in [7, 11) is 0. The SMILES string of the molecule is O=C(C1CCN(c2ccc3cc(Br)cc(Cl)c3n2)CC1)N1CCOCC1. The Balaban J connectivity index is 1.44. The van der Waals surface area contributed by atoms with Crippen LogP contribution in [0.25, 0.3) is 10.9 Å². The lowest BCUT2D eigenvalue weighted by Crippen LogP contribution is -2.46. The number of benzene rings is 1. The Hall–Kier alpha value is -1.37. The van der Waals surface area contributed by atoms with Crippen LogP contribution in [0.15, 0.2) is 28.7 Å². The number of fused-ring (bicyclic) bond motifs is 1. The molecule has 1 aromatic heterocycles. The molecule has 0 atom stereocenters. The summed E-state index contributed by atoms with van der Waals surface area (Å²) in [4.78, 5) is 21.6. The number of piperidine rings is 1. The van der Waals surface area contributed by atoms with Gasteiger partial charge in [-0.15, -0.1) is 0 Å². The number of nitrogens with zero attached hydrogens (tertiary/aromatic N) is 3. The highest BCUT2D eigenvalue weighted by Crippen LogP contribution is 2.30. The van der Waals surface area contributed by atoms with Gasteiger partial charge in [0.2, 0.25) is 5.91 Å². The number of hydrogen-bond donors (Lipinski definition) is 0. The smallest absolute Gasteiger partial charge is 0.225 e. The normalized spacial score (nSPS) is 19.2. The number of carbonyl (C=O) groups excluding carboxylic acids is 1. The van der Waals surface area contributed by atoms with Crippen LogP contribution in [0.2, 0.25) is 5.02 Å². The van der Waals surface area contributed by atoms with Crippen molar-refractivity contribution in [3.63, 3.8) is 0 Å². The number of carbonyl (C=O) groups is 1. The van der Waals surface area contributed by atoms with Gasteiger partial charge in [0.1, 0.15) is 5.82 Å². The summed E-state index contributed by atoms with van der Waals surface area (Å²) in [5.74, 6) is 1.33. The maximum atomic E-state index is 12.7. The first-order chi connectivity index (χ1) is 12.6. The molecule has 0 spiro atoms. The molecule has 1 aromatic carbocycles. The average Bonchev–Trinajstić information content (AvgIpc) is 2.68. The number of amides is 1. The zero-order valence-electron chi connectivity index (χ0n) is 14.5. The van der Waals surface area contributed by atoms with E-state index in [0.717, 1.165) is 60.2 Å². The van der Waals surface area contributed by atoms with Gasteiger partial charge in [-0.1, -0.05) is 27.5 Å². The van der Waals surface area contributed by atoms with Crippen molar-refractivity contribution in [1.29, 1.82) is 0 Å². The molecule has 2 saturated heterocycles. The zero-order valence-corrected chi connectivity index (χ0v) is 16.8. The first-order valence-electron chi connectivity index (χ1n) is 8.99. The molecule has 0 radical (unpaired) electrons. The standard InChI is InChI=1S/C19H21BrClN3O2/c20-15-11-14-1-2-17(22-18(14)16(21)12-15)23-5-3-13(4-6-23)19(25)24-7-9-26-10-8-24/h1-2,11-13H,3-10H2. The summed E-state index contributed by atoms with van der Waals surface area (Å²) in [6.45, 7) is 4.43. The van der Waals surface area contributed by atoms with E-state index in [1.165, 1.54) is 0 Å². The summed E-state index contributed by atoms with van der Waals surface area (Å²) in [6.07, 6.45) is 1.73. The van der Waals surface area contributed by atoms with Crippen LogP contribution < -0.4 is 4.90 Å². The second-order valence-corrected chi connectivity index (χ2v) is 8.15. The molecule has 4 rings (SSSR count). The van der Waals surface area contributed by atoms with Crippen LogP contribution >= 0.6 is 27.5 Å². The van der Waals surface area contributed by atoms with Crippen molar-refractivity contribution in [3.8, 4) is 0 Å². The van der Waals surface area contributed by atoms with E-state index >= 15 is 0 Å². The van der Waals surface area contributed by atoms with Crippen LogP contribution in [0.3, 0.4) is 0 Å². The second-order valence-electron chi connectivity index (χ2n) is 6.83. The number of pyridine rings is 1. The Bertz CT molecular complexity index is 818. The molecule has 0 aliphatic carbocycles. The van der Waals surface area contributed by atoms with E-state index in [1.807, 2.05) is 23.1 Å². The summed E-state index contributed by atoms with van der Waals surface area (Å²) < 4.78 is 6.29. The van der Waals surface area contributed by atoms with Crippen LogP contribution in [0.4, 0.5) is 5.82 Å². The van der Waals surface area contributed by atoms with E-state index in [1.54, 1.807) is 0 Å². The first-order valence-corrected chi connectivity index (χ1v) is 10.2. The van der Waals surface area contributed by atoms with Gasteiger partial charge in [0, 0.05) is 42.0 Å². The van der Waals surface area contributed by atoms with Gasteiger partial charge in [0.25, 0.3) is 0 Å². The first kappa shape index (κ1) is 18.0. The summed E-state index contributed by atoms with van der Waals surface area (Å²) in [5, 5.41) is 1.67. The Kier molecular flexibility index (Phi) is 5.34. The summed E-state index contributed by atoms with van der Waals surface area (Å²) in [6, 6.07) is 7.98. The fourth-order valence-corrected chi connectivity index (χ4v) is 4.60. The van der Waals surface area contributed by atoms with E-state index in [2.05, 4.69) is 26.9 Å². The molecule has 0 N–H and O–H groups in total. The van der Waals surface area contributed by atoms with E-state index in [-0.39, 0.29) is 11.8 Å². The molecule has 138 valence electrons. The number of rotatable bonds is 2. The van der Waals surface area contributed by atoms with Gasteiger partial charge >= 0.3 is 0 Å². The number of halogens is 2. The zero-order chi connectivity index (χ0) is 18.1. The average molecular weight is 439 g/mol. The monoisotopic (exact) mass is 437 g/mol. The van der Waals surface area contributed by atoms with Crippen molar-refractivity contribution >= 4 is 50.2 Å². The van der Waals surface area contributed by atoms with Crippen LogP contribution in [0, 0.1) is 5.92 Å². The van der Waals surface area contributed by atoms with Crippen LogP contribution in [-0.2, 0) is 9.53 Å². The maximum Gasteiger partial charge on any atom is 0.225 e. The molecule has 0 saturated carbocycles. The van der Waals surface area contributed by atoms with Gasteiger partial charge in [-0.2, -0.15) is 0 Å². The highest BCUT2D eigenvalue weighted by molar-refractivity contribution is 9.10. The van der Waals surface area contributed by atoms with E-state index in [4.69, 9.17) is 21.3 Å². The predicted octanol–water partition coefficient (Wildman–Crippen LogP) is 3.73. The third-order valence-electron chi connectivity index (χ3n) is 5.19. The lowest BCUT2D eigenvalue weighted by molar-refractivity contribution is -0.140. The Morgan fingerprint density at radius 1 is 1.15 bits per heavy atom. The Morgan fingerprint density at radius 3 is 2.62 bits per heavy atom. The van der Waals surface area contributed by atoms with Crippen molar-refractivity contribution in [2.75, 3.05) is 44.3 Å². The quantitative estimate of drug-likeness (QED) is 0.717. The molecule has 2 aliphatic rings. The predicted molar refractivity (Wildman–Crippen MR) is 107 cm³/mol. The largest absolute Gasteiger partial charge is 0.378 e. The summed E-state index contributed by atoms with van der Waals surface area (Å²) >= 11 is 9.82. The van der Waals surface area contributed by atoms with Gasteiger partial charge in [-0.05, 0) is 37.1 Å². The third-order valence-corrected chi connectivity index (χ3v) is 5.93. The van der Waals surface area contributed by atoms with Gasteiger partial charge in [0.05, 0.1) is 23.8 Å². The minimum atomic E-state index is 0.115. The molecule has 2 aliphatic heterocycles. The molecule has 1 amide bonds. The lowest BCUT2D eigenvalue weighted by Gasteiger charge is -2.36. The summed E-state index contributed by atoms with van der Waals surface area (Å²) in [5.41, 5.74) is 0.818. The van der Waals surface area contributed by atoms with Crippen LogP contribution in [-0.4, -0.2) is 55.2 Å². The van der Waals surface area contributed by atoms with E-state index in [9.17, 15) is 4.79 Å². The topological polar surface area (TPSA) is 45.7 Å². The molecular weight excluding hydrogens is 418 g/mol.